The molecule has 8 nitrogen and oxygen atoms in total. The van der Waals surface area contributed by atoms with Crippen molar-refractivity contribution in [2.45, 2.75) is 31.7 Å². The monoisotopic (exact) mass is 457 g/mol. The summed E-state index contributed by atoms with van der Waals surface area (Å²) in [4.78, 5) is 48.3. The minimum absolute atomic E-state index is 0.0502. The predicted octanol–water partition coefficient (Wildman–Crippen LogP) is 2.92. The second kappa shape index (κ2) is 11.3. The van der Waals surface area contributed by atoms with Gasteiger partial charge in [0.25, 0.3) is 17.7 Å². The van der Waals surface area contributed by atoms with E-state index in [9.17, 15) is 19.2 Å². The van der Waals surface area contributed by atoms with Crippen molar-refractivity contribution in [2.24, 2.45) is 0 Å². The molecule has 0 aliphatic heterocycles. The zero-order chi connectivity index (χ0) is 22.9. The number of amides is 3. The number of benzene rings is 2. The van der Waals surface area contributed by atoms with Crippen molar-refractivity contribution in [1.82, 2.24) is 10.6 Å². The standard InChI is InChI=1S/C23H24ClN3O5/c24-16-9-7-15(8-10-16)22(30)25-13-3-6-21(29)32-14-20(28)27-19-5-2-1-4-18(19)23(31)26-17-11-12-17/h1-2,4-5,7-10,17H,3,6,11-14H2,(H,25,30)(H,26,31)(H,27,28). The first-order chi connectivity index (χ1) is 15.4. The molecular weight excluding hydrogens is 434 g/mol. The van der Waals surface area contributed by atoms with Crippen molar-refractivity contribution in [2.75, 3.05) is 18.5 Å². The highest BCUT2D eigenvalue weighted by molar-refractivity contribution is 6.30. The van der Waals surface area contributed by atoms with Gasteiger partial charge in [0.1, 0.15) is 0 Å². The molecule has 3 rings (SSSR count). The van der Waals surface area contributed by atoms with Crippen LogP contribution >= 0.6 is 11.6 Å². The summed E-state index contributed by atoms with van der Waals surface area (Å²) in [5.74, 6) is -1.61. The fourth-order valence-electron chi connectivity index (χ4n) is 2.82. The third kappa shape index (κ3) is 7.39. The number of esters is 1. The first-order valence-electron chi connectivity index (χ1n) is 10.3. The van der Waals surface area contributed by atoms with Crippen LogP contribution in [0.1, 0.15) is 46.4 Å². The number of hydrogen-bond acceptors (Lipinski definition) is 5. The molecule has 2 aromatic carbocycles. The van der Waals surface area contributed by atoms with Crippen LogP contribution in [-0.2, 0) is 14.3 Å². The summed E-state index contributed by atoms with van der Waals surface area (Å²) in [6.07, 6.45) is 2.33. The zero-order valence-corrected chi connectivity index (χ0v) is 18.1. The molecule has 0 bridgehead atoms. The van der Waals surface area contributed by atoms with Crippen molar-refractivity contribution in [3.63, 3.8) is 0 Å². The number of ether oxygens (including phenoxy) is 1. The average molecular weight is 458 g/mol. The summed E-state index contributed by atoms with van der Waals surface area (Å²) in [5.41, 5.74) is 1.19. The van der Waals surface area contributed by atoms with Gasteiger partial charge in [-0.05, 0) is 55.7 Å². The van der Waals surface area contributed by atoms with E-state index in [2.05, 4.69) is 16.0 Å². The molecule has 1 saturated carbocycles. The highest BCUT2D eigenvalue weighted by Crippen LogP contribution is 2.21. The fraction of sp³-hybridized carbons (Fsp3) is 0.304. The van der Waals surface area contributed by atoms with E-state index in [-0.39, 0.29) is 30.8 Å². The Labute approximate surface area is 190 Å². The first kappa shape index (κ1) is 23.3. The molecule has 168 valence electrons. The molecule has 0 aromatic heterocycles. The maximum atomic E-state index is 12.3. The molecule has 0 unspecified atom stereocenters. The molecule has 0 saturated heterocycles. The van der Waals surface area contributed by atoms with Gasteiger partial charge < -0.3 is 20.7 Å². The van der Waals surface area contributed by atoms with Crippen LogP contribution in [0.2, 0.25) is 5.02 Å². The third-order valence-electron chi connectivity index (χ3n) is 4.67. The lowest BCUT2D eigenvalue weighted by Crippen LogP contribution is -2.28. The van der Waals surface area contributed by atoms with Crippen LogP contribution in [-0.4, -0.2) is 42.9 Å². The van der Waals surface area contributed by atoms with Crippen molar-refractivity contribution >= 4 is 41.0 Å². The average Bonchev–Trinajstić information content (AvgIpc) is 3.60. The summed E-state index contributed by atoms with van der Waals surface area (Å²) in [6.45, 7) is -0.180. The Bertz CT molecular complexity index is 989. The molecule has 1 aliphatic carbocycles. The van der Waals surface area contributed by atoms with Gasteiger partial charge in [0.05, 0.1) is 11.3 Å². The molecule has 2 aromatic rings. The van der Waals surface area contributed by atoms with Gasteiger partial charge in [-0.15, -0.1) is 0 Å². The Morgan fingerprint density at radius 1 is 0.969 bits per heavy atom. The van der Waals surface area contributed by atoms with Crippen LogP contribution in [0.5, 0.6) is 0 Å². The summed E-state index contributed by atoms with van der Waals surface area (Å²) < 4.78 is 4.98. The van der Waals surface area contributed by atoms with Gasteiger partial charge in [-0.25, -0.2) is 0 Å². The summed E-state index contributed by atoms with van der Waals surface area (Å²) >= 11 is 5.79. The van der Waals surface area contributed by atoms with Crippen LogP contribution in [0.25, 0.3) is 0 Å². The second-order valence-electron chi connectivity index (χ2n) is 7.37. The van der Waals surface area contributed by atoms with Crippen molar-refractivity contribution in [1.29, 1.82) is 0 Å². The number of carbonyl (C=O) groups excluding carboxylic acids is 4. The zero-order valence-electron chi connectivity index (χ0n) is 17.4. The van der Waals surface area contributed by atoms with E-state index in [0.29, 0.717) is 28.3 Å². The highest BCUT2D eigenvalue weighted by Gasteiger charge is 2.25. The third-order valence-corrected chi connectivity index (χ3v) is 4.92. The van der Waals surface area contributed by atoms with Gasteiger partial charge >= 0.3 is 5.97 Å². The van der Waals surface area contributed by atoms with Gasteiger partial charge in [0.15, 0.2) is 6.61 Å². The Kier molecular flexibility index (Phi) is 8.21. The van der Waals surface area contributed by atoms with Crippen molar-refractivity contribution < 1.29 is 23.9 Å². The molecular formula is C23H24ClN3O5. The minimum atomic E-state index is -0.555. The van der Waals surface area contributed by atoms with E-state index in [4.69, 9.17) is 16.3 Å². The number of nitrogens with one attached hydrogen (secondary N) is 3. The SMILES string of the molecule is O=C(COC(=O)CCCNC(=O)c1ccc(Cl)cc1)Nc1ccccc1C(=O)NC1CC1. The quantitative estimate of drug-likeness (QED) is 0.375. The lowest BCUT2D eigenvalue weighted by molar-refractivity contribution is -0.147. The van der Waals surface area contributed by atoms with Gasteiger partial charge in [-0.3, -0.25) is 19.2 Å². The van der Waals surface area contributed by atoms with E-state index in [0.717, 1.165) is 12.8 Å². The number of rotatable bonds is 10. The molecule has 3 amide bonds. The van der Waals surface area contributed by atoms with Gasteiger partial charge in [-0.2, -0.15) is 0 Å². The topological polar surface area (TPSA) is 114 Å². The molecule has 32 heavy (non-hydrogen) atoms. The molecule has 0 spiro atoms. The lowest BCUT2D eigenvalue weighted by atomic mass is 10.1. The number of para-hydroxylation sites is 1. The molecule has 1 aliphatic rings. The van der Waals surface area contributed by atoms with E-state index < -0.39 is 18.5 Å². The fourth-order valence-corrected chi connectivity index (χ4v) is 2.95. The Hall–Kier alpha value is -3.39. The smallest absolute Gasteiger partial charge is 0.306 e. The van der Waals surface area contributed by atoms with Crippen molar-refractivity contribution in [3.8, 4) is 0 Å². The molecule has 9 heteroatoms. The molecule has 0 radical (unpaired) electrons. The van der Waals surface area contributed by atoms with Crippen LogP contribution in [0.15, 0.2) is 48.5 Å². The van der Waals surface area contributed by atoms with Crippen LogP contribution in [0, 0.1) is 0 Å². The van der Waals surface area contributed by atoms with E-state index in [1.54, 1.807) is 48.5 Å². The molecule has 0 atom stereocenters. The number of hydrogen-bond donors (Lipinski definition) is 3. The Morgan fingerprint density at radius 2 is 1.69 bits per heavy atom. The van der Waals surface area contributed by atoms with E-state index in [1.165, 1.54) is 0 Å². The minimum Gasteiger partial charge on any atom is -0.456 e. The first-order valence-corrected chi connectivity index (χ1v) is 10.7. The van der Waals surface area contributed by atoms with Gasteiger partial charge in [0, 0.05) is 29.6 Å². The highest BCUT2D eigenvalue weighted by atomic mass is 35.5. The van der Waals surface area contributed by atoms with E-state index >= 15 is 0 Å². The summed E-state index contributed by atoms with van der Waals surface area (Å²) in [5, 5.41) is 8.71. The normalized spacial score (nSPS) is 12.5. The Morgan fingerprint density at radius 3 is 2.41 bits per heavy atom. The second-order valence-corrected chi connectivity index (χ2v) is 7.80. The maximum absolute atomic E-state index is 12.3. The van der Waals surface area contributed by atoms with Crippen molar-refractivity contribution in [3.05, 3.63) is 64.7 Å². The number of anilines is 1. The molecule has 1 fully saturated rings. The van der Waals surface area contributed by atoms with Crippen LogP contribution < -0.4 is 16.0 Å². The Balaban J connectivity index is 1.35. The largest absolute Gasteiger partial charge is 0.456 e. The molecule has 0 heterocycles. The molecule has 3 N–H and O–H groups in total. The van der Waals surface area contributed by atoms with E-state index in [1.807, 2.05) is 0 Å². The van der Waals surface area contributed by atoms with Gasteiger partial charge in [0.2, 0.25) is 0 Å². The summed E-state index contributed by atoms with van der Waals surface area (Å²) in [7, 11) is 0. The van der Waals surface area contributed by atoms with Crippen LogP contribution in [0.3, 0.4) is 0 Å². The van der Waals surface area contributed by atoms with Gasteiger partial charge in [-0.1, -0.05) is 23.7 Å². The van der Waals surface area contributed by atoms with Crippen LogP contribution in [0.4, 0.5) is 5.69 Å². The maximum Gasteiger partial charge on any atom is 0.306 e. The lowest BCUT2D eigenvalue weighted by Gasteiger charge is -2.11. The predicted molar refractivity (Wildman–Crippen MR) is 120 cm³/mol. The number of halogens is 1. The summed E-state index contributed by atoms with van der Waals surface area (Å²) in [6, 6.07) is 13.3. The number of carbonyl (C=O) groups is 4.